The van der Waals surface area contributed by atoms with E-state index < -0.39 is 9.84 Å². The predicted octanol–water partition coefficient (Wildman–Crippen LogP) is 2.95. The number of carbonyl (C=O) groups excluding carboxylic acids is 1. The molecule has 5 nitrogen and oxygen atoms in total. The molecule has 1 aromatic carbocycles. The van der Waals surface area contributed by atoms with Gasteiger partial charge in [-0.2, -0.15) is 4.99 Å². The molecule has 136 valence electrons. The normalized spacial score (nSPS) is 27.5. The lowest BCUT2D eigenvalue weighted by Gasteiger charge is -2.27. The van der Waals surface area contributed by atoms with Crippen LogP contribution in [0.15, 0.2) is 23.2 Å². The quantitative estimate of drug-likeness (QED) is 0.806. The maximum Gasteiger partial charge on any atom is 0.250 e. The molecule has 3 atom stereocenters. The Kier molecular flexibility index (Phi) is 4.99. The summed E-state index contributed by atoms with van der Waals surface area (Å²) in [5, 5.41) is 0.581. The Morgan fingerprint density at radius 1 is 1.36 bits per heavy atom. The van der Waals surface area contributed by atoms with E-state index in [9.17, 15) is 13.2 Å². The molecule has 2 aliphatic heterocycles. The van der Waals surface area contributed by atoms with Crippen molar-refractivity contribution in [1.29, 1.82) is 0 Å². The van der Waals surface area contributed by atoms with Crippen LogP contribution in [-0.2, 0) is 14.6 Å². The maximum atomic E-state index is 12.4. The third-order valence-corrected chi connectivity index (χ3v) is 8.35. The Bertz CT molecular complexity index is 833. The van der Waals surface area contributed by atoms with Crippen molar-refractivity contribution in [2.45, 2.75) is 45.4 Å². The number of hydrogen-bond donors (Lipinski definition) is 0. The molecule has 0 aromatic heterocycles. The summed E-state index contributed by atoms with van der Waals surface area (Å²) in [5.74, 6) is 0.00956. The number of aliphatic imine (C=N–C) groups is 1. The van der Waals surface area contributed by atoms with Gasteiger partial charge in [-0.05, 0) is 37.5 Å². The molecule has 0 N–H and O–H groups in total. The molecule has 0 radical (unpaired) electrons. The fraction of sp³-hybridized carbons (Fsp3) is 0.556. The topological polar surface area (TPSA) is 66.8 Å². The average Bonchev–Trinajstić information content (AvgIpc) is 3.00. The summed E-state index contributed by atoms with van der Waals surface area (Å²) in [4.78, 5) is 18.7. The monoisotopic (exact) mass is 380 g/mol. The Morgan fingerprint density at radius 3 is 2.76 bits per heavy atom. The van der Waals surface area contributed by atoms with Crippen LogP contribution in [0, 0.1) is 19.8 Å². The highest BCUT2D eigenvalue weighted by Crippen LogP contribution is 2.42. The number of fused-ring (bicyclic) bond motifs is 1. The number of benzene rings is 1. The minimum absolute atomic E-state index is 0.0617. The van der Waals surface area contributed by atoms with Crippen molar-refractivity contribution >= 4 is 38.4 Å². The number of sulfone groups is 1. The van der Waals surface area contributed by atoms with Crippen molar-refractivity contribution in [2.24, 2.45) is 10.9 Å². The predicted molar refractivity (Wildman–Crippen MR) is 104 cm³/mol. The van der Waals surface area contributed by atoms with E-state index in [1.807, 2.05) is 50.8 Å². The fourth-order valence-corrected chi connectivity index (χ4v) is 7.13. The second kappa shape index (κ2) is 6.76. The van der Waals surface area contributed by atoms with Gasteiger partial charge in [0.15, 0.2) is 15.0 Å². The molecule has 0 saturated carbocycles. The van der Waals surface area contributed by atoms with Crippen molar-refractivity contribution < 1.29 is 13.2 Å². The van der Waals surface area contributed by atoms with Gasteiger partial charge in [0.1, 0.15) is 0 Å². The molecule has 0 bridgehead atoms. The van der Waals surface area contributed by atoms with Crippen LogP contribution in [0.2, 0.25) is 0 Å². The summed E-state index contributed by atoms with van der Waals surface area (Å²) in [6.45, 7) is 7.90. The summed E-state index contributed by atoms with van der Waals surface area (Å²) in [6.07, 6.45) is 0.741. The molecular formula is C18H24N2O3S2. The van der Waals surface area contributed by atoms with E-state index in [4.69, 9.17) is 0 Å². The van der Waals surface area contributed by atoms with Crippen molar-refractivity contribution in [2.75, 3.05) is 16.4 Å². The Morgan fingerprint density at radius 2 is 2.08 bits per heavy atom. The number of nitrogens with zero attached hydrogens (tertiary/aromatic N) is 2. The number of rotatable bonds is 3. The first-order valence-corrected chi connectivity index (χ1v) is 11.3. The average molecular weight is 381 g/mol. The fourth-order valence-electron chi connectivity index (χ4n) is 3.22. The number of anilines is 1. The van der Waals surface area contributed by atoms with Gasteiger partial charge in [0.05, 0.1) is 17.5 Å². The standard InChI is InChI=1S/C18H24N2O3S2/c1-5-11(2)17(21)19-18-20(14-8-6-7-12(3)13(14)4)15-9-25(22,23)10-16(15)24-18/h6-8,11,15-16H,5,9-10H2,1-4H3. The first-order chi connectivity index (χ1) is 11.7. The Labute approximate surface area is 153 Å². The molecule has 2 fully saturated rings. The number of amides is 1. The van der Waals surface area contributed by atoms with Crippen molar-refractivity contribution in [3.05, 3.63) is 29.3 Å². The molecule has 0 aliphatic carbocycles. The summed E-state index contributed by atoms with van der Waals surface area (Å²) in [6, 6.07) is 5.83. The van der Waals surface area contributed by atoms with Gasteiger partial charge >= 0.3 is 0 Å². The SMILES string of the molecule is CCC(C)C(=O)N=C1SC2CS(=O)(=O)CC2N1c1cccc(C)c1C. The van der Waals surface area contributed by atoms with Gasteiger partial charge in [0.2, 0.25) is 0 Å². The molecular weight excluding hydrogens is 356 g/mol. The molecule has 0 spiro atoms. The van der Waals surface area contributed by atoms with E-state index in [1.165, 1.54) is 11.8 Å². The van der Waals surface area contributed by atoms with E-state index in [2.05, 4.69) is 4.99 Å². The molecule has 2 saturated heterocycles. The molecule has 3 rings (SSSR count). The molecule has 1 amide bonds. The summed E-state index contributed by atoms with van der Waals surface area (Å²) in [7, 11) is -3.04. The molecule has 25 heavy (non-hydrogen) atoms. The lowest BCUT2D eigenvalue weighted by molar-refractivity contribution is -0.121. The van der Waals surface area contributed by atoms with Gasteiger partial charge in [-0.15, -0.1) is 0 Å². The van der Waals surface area contributed by atoms with Crippen LogP contribution in [0.25, 0.3) is 0 Å². The minimum Gasteiger partial charge on any atom is -0.315 e. The lowest BCUT2D eigenvalue weighted by atomic mass is 10.1. The summed E-state index contributed by atoms with van der Waals surface area (Å²) < 4.78 is 24.2. The smallest absolute Gasteiger partial charge is 0.250 e. The van der Waals surface area contributed by atoms with Crippen LogP contribution in [-0.4, -0.2) is 42.3 Å². The van der Waals surface area contributed by atoms with Gasteiger partial charge in [0.25, 0.3) is 5.91 Å². The highest BCUT2D eigenvalue weighted by atomic mass is 32.2. The third kappa shape index (κ3) is 3.49. The van der Waals surface area contributed by atoms with Gasteiger partial charge in [0, 0.05) is 16.9 Å². The van der Waals surface area contributed by atoms with Crippen LogP contribution >= 0.6 is 11.8 Å². The zero-order chi connectivity index (χ0) is 18.4. The van der Waals surface area contributed by atoms with E-state index in [-0.39, 0.29) is 34.6 Å². The number of amidine groups is 1. The van der Waals surface area contributed by atoms with Gasteiger partial charge in [-0.3, -0.25) is 4.79 Å². The molecule has 1 aromatic rings. The number of hydrogen-bond acceptors (Lipinski definition) is 4. The van der Waals surface area contributed by atoms with Crippen LogP contribution in [0.3, 0.4) is 0 Å². The van der Waals surface area contributed by atoms with Crippen LogP contribution in [0.5, 0.6) is 0 Å². The van der Waals surface area contributed by atoms with E-state index in [1.54, 1.807) is 0 Å². The van der Waals surface area contributed by atoms with Gasteiger partial charge in [-0.1, -0.05) is 37.7 Å². The number of aryl methyl sites for hydroxylation is 1. The van der Waals surface area contributed by atoms with Gasteiger partial charge in [-0.25, -0.2) is 8.42 Å². The second-order valence-corrected chi connectivity index (χ2v) is 10.3. The Hall–Kier alpha value is -1.34. The number of carbonyl (C=O) groups is 1. The summed E-state index contributed by atoms with van der Waals surface area (Å²) in [5.41, 5.74) is 3.18. The highest BCUT2D eigenvalue weighted by Gasteiger charge is 2.49. The summed E-state index contributed by atoms with van der Waals surface area (Å²) >= 11 is 1.43. The van der Waals surface area contributed by atoms with E-state index in [0.717, 1.165) is 23.2 Å². The van der Waals surface area contributed by atoms with E-state index >= 15 is 0 Å². The highest BCUT2D eigenvalue weighted by molar-refractivity contribution is 8.16. The minimum atomic E-state index is -3.04. The van der Waals surface area contributed by atoms with Crippen molar-refractivity contribution in [3.63, 3.8) is 0 Å². The maximum absolute atomic E-state index is 12.4. The molecule has 2 aliphatic rings. The van der Waals surface area contributed by atoms with Crippen LogP contribution < -0.4 is 4.90 Å². The van der Waals surface area contributed by atoms with E-state index in [0.29, 0.717) is 5.17 Å². The zero-order valence-electron chi connectivity index (χ0n) is 15.0. The molecule has 7 heteroatoms. The second-order valence-electron chi connectivity index (χ2n) is 6.93. The Balaban J connectivity index is 2.06. The molecule has 2 heterocycles. The lowest BCUT2D eigenvalue weighted by Crippen LogP contribution is -2.38. The van der Waals surface area contributed by atoms with Crippen molar-refractivity contribution in [3.8, 4) is 0 Å². The first kappa shape index (κ1) is 18.5. The van der Waals surface area contributed by atoms with Gasteiger partial charge < -0.3 is 4.90 Å². The third-order valence-electron chi connectivity index (χ3n) is 5.14. The zero-order valence-corrected chi connectivity index (χ0v) is 16.7. The first-order valence-electron chi connectivity index (χ1n) is 8.58. The largest absolute Gasteiger partial charge is 0.315 e. The molecule has 3 unspecified atom stereocenters. The van der Waals surface area contributed by atoms with Crippen LogP contribution in [0.4, 0.5) is 5.69 Å². The van der Waals surface area contributed by atoms with Crippen molar-refractivity contribution in [1.82, 2.24) is 0 Å². The number of thioether (sulfide) groups is 1. The van der Waals surface area contributed by atoms with Crippen LogP contribution in [0.1, 0.15) is 31.4 Å².